The van der Waals surface area contributed by atoms with Crippen molar-refractivity contribution in [2.24, 2.45) is 0 Å². The third kappa shape index (κ3) is 4.96. The maximum absolute atomic E-state index is 12.0. The van der Waals surface area contributed by atoms with Crippen molar-refractivity contribution in [2.45, 2.75) is 24.7 Å². The molecular formula is C13H16ClNO4S. The number of carboxylic acids is 1. The second-order valence-electron chi connectivity index (χ2n) is 4.11. The van der Waals surface area contributed by atoms with Crippen LogP contribution in [0.1, 0.15) is 25.3 Å². The van der Waals surface area contributed by atoms with Gasteiger partial charge < -0.3 is 5.11 Å². The Morgan fingerprint density at radius 3 is 2.70 bits per heavy atom. The zero-order valence-corrected chi connectivity index (χ0v) is 12.5. The van der Waals surface area contributed by atoms with E-state index in [0.717, 1.165) is 18.9 Å². The molecule has 0 saturated carbocycles. The molecule has 1 aromatic rings. The molecule has 1 rings (SSSR count). The van der Waals surface area contributed by atoms with E-state index in [9.17, 15) is 13.2 Å². The smallest absolute Gasteiger partial charge is 0.328 e. The second-order valence-corrected chi connectivity index (χ2v) is 6.26. The number of aliphatic carboxylic acids is 1. The summed E-state index contributed by atoms with van der Waals surface area (Å²) in [7, 11) is -3.63. The van der Waals surface area contributed by atoms with Crippen molar-refractivity contribution < 1.29 is 18.3 Å². The van der Waals surface area contributed by atoms with Crippen LogP contribution in [0.2, 0.25) is 5.02 Å². The molecule has 0 aromatic heterocycles. The molecule has 20 heavy (non-hydrogen) atoms. The number of hydrogen-bond acceptors (Lipinski definition) is 3. The highest BCUT2D eigenvalue weighted by molar-refractivity contribution is 7.89. The van der Waals surface area contributed by atoms with Crippen LogP contribution in [0.4, 0.5) is 0 Å². The third-order valence-electron chi connectivity index (χ3n) is 2.49. The molecule has 0 aliphatic heterocycles. The molecule has 0 spiro atoms. The molecule has 0 heterocycles. The zero-order valence-electron chi connectivity index (χ0n) is 11.0. The molecule has 2 N–H and O–H groups in total. The summed E-state index contributed by atoms with van der Waals surface area (Å²) in [6.07, 6.45) is 3.93. The Morgan fingerprint density at radius 2 is 2.15 bits per heavy atom. The van der Waals surface area contributed by atoms with Gasteiger partial charge in [0.05, 0.1) is 5.02 Å². The highest BCUT2D eigenvalue weighted by Crippen LogP contribution is 2.23. The zero-order chi connectivity index (χ0) is 15.2. The number of benzene rings is 1. The Morgan fingerprint density at radius 1 is 1.45 bits per heavy atom. The van der Waals surface area contributed by atoms with Gasteiger partial charge in [-0.2, -0.15) is 0 Å². The topological polar surface area (TPSA) is 83.5 Å². The number of nitrogens with one attached hydrogen (secondary N) is 1. The molecular weight excluding hydrogens is 302 g/mol. The molecule has 0 amide bonds. The predicted molar refractivity (Wildman–Crippen MR) is 78.2 cm³/mol. The van der Waals surface area contributed by atoms with E-state index in [1.165, 1.54) is 24.3 Å². The van der Waals surface area contributed by atoms with Crippen LogP contribution in [-0.2, 0) is 14.8 Å². The average molecular weight is 318 g/mol. The average Bonchev–Trinajstić information content (AvgIpc) is 2.36. The van der Waals surface area contributed by atoms with Crippen molar-refractivity contribution in [2.75, 3.05) is 6.54 Å². The van der Waals surface area contributed by atoms with Gasteiger partial charge in [-0.05, 0) is 30.2 Å². The minimum Gasteiger partial charge on any atom is -0.478 e. The van der Waals surface area contributed by atoms with Gasteiger partial charge in [0, 0.05) is 12.6 Å². The number of carboxylic acid groups (broad SMARTS) is 1. The third-order valence-corrected chi connectivity index (χ3v) is 4.43. The molecule has 0 aliphatic carbocycles. The summed E-state index contributed by atoms with van der Waals surface area (Å²) in [5.74, 6) is -1.08. The second kappa shape index (κ2) is 7.42. The molecule has 5 nitrogen and oxygen atoms in total. The first-order valence-electron chi connectivity index (χ1n) is 6.07. The van der Waals surface area contributed by atoms with E-state index >= 15 is 0 Å². The van der Waals surface area contributed by atoms with Crippen LogP contribution in [0.15, 0.2) is 29.2 Å². The van der Waals surface area contributed by atoms with Gasteiger partial charge in [0.1, 0.15) is 4.90 Å². The van der Waals surface area contributed by atoms with E-state index in [-0.39, 0.29) is 9.92 Å². The number of hydrogen-bond donors (Lipinski definition) is 2. The van der Waals surface area contributed by atoms with Crippen molar-refractivity contribution in [3.63, 3.8) is 0 Å². The van der Waals surface area contributed by atoms with Gasteiger partial charge >= 0.3 is 5.97 Å². The maximum atomic E-state index is 12.0. The first-order chi connectivity index (χ1) is 9.36. The highest BCUT2D eigenvalue weighted by atomic mass is 35.5. The standard InChI is InChI=1S/C13H16ClNO4S/c1-2-3-8-15-20(18,19)12-6-4-10(9-11(12)14)5-7-13(16)17/h4-7,9,15H,2-3,8H2,1H3,(H,16,17). The van der Waals surface area contributed by atoms with E-state index in [2.05, 4.69) is 4.72 Å². The van der Waals surface area contributed by atoms with E-state index < -0.39 is 16.0 Å². The summed E-state index contributed by atoms with van der Waals surface area (Å²) in [6, 6.07) is 4.27. The predicted octanol–water partition coefficient (Wildman–Crippen LogP) is 2.52. The van der Waals surface area contributed by atoms with E-state index in [1.54, 1.807) is 0 Å². The van der Waals surface area contributed by atoms with Crippen LogP contribution in [0.5, 0.6) is 0 Å². The summed E-state index contributed by atoms with van der Waals surface area (Å²) in [5.41, 5.74) is 0.518. The molecule has 0 atom stereocenters. The van der Waals surface area contributed by atoms with Crippen LogP contribution in [0.25, 0.3) is 6.08 Å². The van der Waals surface area contributed by atoms with Gasteiger partial charge in [0.15, 0.2) is 0 Å². The fraction of sp³-hybridized carbons (Fsp3) is 0.308. The summed E-state index contributed by atoms with van der Waals surface area (Å²) in [5, 5.41) is 8.58. The largest absolute Gasteiger partial charge is 0.478 e. The first kappa shape index (κ1) is 16.7. The summed E-state index contributed by atoms with van der Waals surface area (Å²) in [4.78, 5) is 10.4. The van der Waals surface area contributed by atoms with Crippen molar-refractivity contribution in [1.82, 2.24) is 4.72 Å². The molecule has 0 radical (unpaired) electrons. The van der Waals surface area contributed by atoms with Gasteiger partial charge in [0.2, 0.25) is 10.0 Å². The molecule has 0 fully saturated rings. The summed E-state index contributed by atoms with van der Waals surface area (Å²) < 4.78 is 26.5. The minimum atomic E-state index is -3.63. The van der Waals surface area contributed by atoms with Gasteiger partial charge in [-0.1, -0.05) is 31.0 Å². The highest BCUT2D eigenvalue weighted by Gasteiger charge is 2.17. The van der Waals surface area contributed by atoms with Crippen LogP contribution in [0.3, 0.4) is 0 Å². The van der Waals surface area contributed by atoms with Crippen LogP contribution >= 0.6 is 11.6 Å². The van der Waals surface area contributed by atoms with Gasteiger partial charge in [-0.15, -0.1) is 0 Å². The lowest BCUT2D eigenvalue weighted by Gasteiger charge is -2.08. The monoisotopic (exact) mass is 317 g/mol. The first-order valence-corrected chi connectivity index (χ1v) is 7.93. The van der Waals surface area contributed by atoms with Crippen molar-refractivity contribution in [3.8, 4) is 0 Å². The quantitative estimate of drug-likeness (QED) is 0.598. The number of sulfonamides is 1. The lowest BCUT2D eigenvalue weighted by Crippen LogP contribution is -2.25. The fourth-order valence-corrected chi connectivity index (χ4v) is 3.09. The molecule has 1 aromatic carbocycles. The van der Waals surface area contributed by atoms with Crippen LogP contribution < -0.4 is 4.72 Å². The number of carbonyl (C=O) groups is 1. The summed E-state index contributed by atoms with van der Waals surface area (Å²) in [6.45, 7) is 2.32. The Labute approximate surface area is 123 Å². The fourth-order valence-electron chi connectivity index (χ4n) is 1.47. The Bertz CT molecular complexity index is 611. The van der Waals surface area contributed by atoms with Crippen LogP contribution in [-0.4, -0.2) is 26.0 Å². The number of rotatable bonds is 7. The molecule has 0 bridgehead atoms. The van der Waals surface area contributed by atoms with Gasteiger partial charge in [0.25, 0.3) is 0 Å². The van der Waals surface area contributed by atoms with Gasteiger partial charge in [-0.3, -0.25) is 0 Å². The Kier molecular flexibility index (Phi) is 6.19. The van der Waals surface area contributed by atoms with Crippen LogP contribution in [0, 0.1) is 0 Å². The SMILES string of the molecule is CCCCNS(=O)(=O)c1ccc(C=CC(=O)O)cc1Cl. The van der Waals surface area contributed by atoms with Crippen molar-refractivity contribution in [1.29, 1.82) is 0 Å². The Balaban J connectivity index is 2.95. The lowest BCUT2D eigenvalue weighted by atomic mass is 10.2. The lowest BCUT2D eigenvalue weighted by molar-refractivity contribution is -0.131. The number of unbranched alkanes of at least 4 members (excludes halogenated alkanes) is 1. The molecule has 0 unspecified atom stereocenters. The van der Waals surface area contributed by atoms with Gasteiger partial charge in [-0.25, -0.2) is 17.9 Å². The molecule has 0 aliphatic rings. The van der Waals surface area contributed by atoms with Crippen molar-refractivity contribution >= 4 is 33.7 Å². The molecule has 7 heteroatoms. The van der Waals surface area contributed by atoms with E-state index in [4.69, 9.17) is 16.7 Å². The van der Waals surface area contributed by atoms with E-state index in [1.807, 2.05) is 6.92 Å². The number of halogens is 1. The van der Waals surface area contributed by atoms with E-state index in [0.29, 0.717) is 12.1 Å². The minimum absolute atomic E-state index is 0.0113. The normalized spacial score (nSPS) is 11.9. The Hall–Kier alpha value is -1.37. The molecule has 110 valence electrons. The van der Waals surface area contributed by atoms with Crippen molar-refractivity contribution in [3.05, 3.63) is 34.9 Å². The maximum Gasteiger partial charge on any atom is 0.328 e. The molecule has 0 saturated heterocycles. The summed E-state index contributed by atoms with van der Waals surface area (Å²) >= 11 is 5.94.